The van der Waals surface area contributed by atoms with Crippen molar-refractivity contribution in [2.75, 3.05) is 4.90 Å². The maximum atomic E-state index is 2.46. The molecule has 0 unspecified atom stereocenters. The van der Waals surface area contributed by atoms with Crippen molar-refractivity contribution in [3.05, 3.63) is 206 Å². The van der Waals surface area contributed by atoms with Crippen molar-refractivity contribution >= 4 is 49.6 Å². The van der Waals surface area contributed by atoms with Crippen molar-refractivity contribution in [2.45, 2.75) is 0 Å². The van der Waals surface area contributed by atoms with E-state index < -0.39 is 0 Å². The second-order valence-corrected chi connectivity index (χ2v) is 13.3. The number of anilines is 3. The summed E-state index contributed by atoms with van der Waals surface area (Å²) in [4.78, 5) is 2.40. The second kappa shape index (κ2) is 12.5. The molecule has 244 valence electrons. The van der Waals surface area contributed by atoms with E-state index in [0.29, 0.717) is 0 Å². The molecule has 0 N–H and O–H groups in total. The van der Waals surface area contributed by atoms with Crippen LogP contribution in [0.25, 0.3) is 71.6 Å². The van der Waals surface area contributed by atoms with E-state index in [-0.39, 0.29) is 0 Å². The van der Waals surface area contributed by atoms with Crippen LogP contribution in [-0.4, -0.2) is 4.57 Å². The summed E-state index contributed by atoms with van der Waals surface area (Å²) in [6, 6.07) is 74.6. The van der Waals surface area contributed by atoms with Crippen LogP contribution in [0.1, 0.15) is 0 Å². The van der Waals surface area contributed by atoms with Crippen molar-refractivity contribution in [1.29, 1.82) is 0 Å². The summed E-state index contributed by atoms with van der Waals surface area (Å²) in [5, 5.41) is 5.17. The van der Waals surface area contributed by atoms with Gasteiger partial charge in [-0.15, -0.1) is 0 Å². The smallest absolute Gasteiger partial charge is 0.0547 e. The van der Waals surface area contributed by atoms with Crippen LogP contribution in [-0.2, 0) is 0 Å². The topological polar surface area (TPSA) is 8.17 Å². The van der Waals surface area contributed by atoms with E-state index in [9.17, 15) is 0 Å². The summed E-state index contributed by atoms with van der Waals surface area (Å²) in [6.07, 6.45) is 0. The van der Waals surface area contributed by atoms with E-state index >= 15 is 0 Å². The molecule has 0 bridgehead atoms. The first-order valence-corrected chi connectivity index (χ1v) is 17.9. The van der Waals surface area contributed by atoms with Crippen LogP contribution in [0.15, 0.2) is 206 Å². The quantitative estimate of drug-likeness (QED) is 0.154. The lowest BCUT2D eigenvalue weighted by Crippen LogP contribution is -2.11. The Balaban J connectivity index is 1.17. The zero-order chi connectivity index (χ0) is 34.4. The van der Waals surface area contributed by atoms with Gasteiger partial charge in [-0.05, 0) is 81.6 Å². The Labute approximate surface area is 303 Å². The minimum Gasteiger partial charge on any atom is -0.310 e. The predicted molar refractivity (Wildman–Crippen MR) is 220 cm³/mol. The summed E-state index contributed by atoms with van der Waals surface area (Å²) in [5.74, 6) is 0. The number of rotatable bonds is 7. The maximum absolute atomic E-state index is 2.46. The molecule has 0 spiro atoms. The Bertz CT molecular complexity index is 2660. The number of aromatic nitrogens is 1. The van der Waals surface area contributed by atoms with Gasteiger partial charge in [-0.25, -0.2) is 0 Å². The number of para-hydroxylation sites is 2. The average Bonchev–Trinajstić information content (AvgIpc) is 3.57. The molecule has 0 saturated carbocycles. The van der Waals surface area contributed by atoms with E-state index in [1.807, 2.05) is 0 Å². The first kappa shape index (κ1) is 30.0. The fraction of sp³-hybridized carbons (Fsp3) is 0. The molecule has 2 heteroatoms. The van der Waals surface area contributed by atoms with Gasteiger partial charge in [0.15, 0.2) is 0 Å². The van der Waals surface area contributed by atoms with Crippen LogP contribution in [0, 0.1) is 0 Å². The zero-order valence-electron chi connectivity index (χ0n) is 28.5. The normalized spacial score (nSPS) is 11.5. The van der Waals surface area contributed by atoms with Gasteiger partial charge in [0.1, 0.15) is 0 Å². The Morgan fingerprint density at radius 1 is 0.308 bits per heavy atom. The summed E-state index contributed by atoms with van der Waals surface area (Å²) in [7, 11) is 0. The fourth-order valence-corrected chi connectivity index (χ4v) is 7.97. The molecule has 0 saturated heterocycles. The van der Waals surface area contributed by atoms with Crippen LogP contribution in [0.4, 0.5) is 17.1 Å². The Hall–Kier alpha value is -6.90. The lowest BCUT2D eigenvalue weighted by molar-refractivity contribution is 1.18. The highest BCUT2D eigenvalue weighted by atomic mass is 15.1. The molecule has 0 amide bonds. The zero-order valence-corrected chi connectivity index (χ0v) is 28.5. The minimum atomic E-state index is 1.10. The van der Waals surface area contributed by atoms with Gasteiger partial charge in [0.05, 0.1) is 22.4 Å². The lowest BCUT2D eigenvalue weighted by atomic mass is 9.98. The van der Waals surface area contributed by atoms with Crippen LogP contribution in [0.2, 0.25) is 0 Å². The summed E-state index contributed by atoms with van der Waals surface area (Å²) < 4.78 is 2.46. The van der Waals surface area contributed by atoms with Crippen molar-refractivity contribution in [1.82, 2.24) is 4.57 Å². The molecule has 0 atom stereocenters. The van der Waals surface area contributed by atoms with Gasteiger partial charge >= 0.3 is 0 Å². The number of hydrogen-bond acceptors (Lipinski definition) is 1. The van der Waals surface area contributed by atoms with Gasteiger partial charge in [-0.2, -0.15) is 0 Å². The molecule has 52 heavy (non-hydrogen) atoms. The standard InChI is InChI=1S/C50H34N2/c1-3-13-35(14-4-1)37-27-31-41(32-28-37)51(42-33-29-38(30-34-42)36-15-5-2-6-16-36)45-21-9-7-19-43(45)44-20-8-10-22-46(44)52-47-23-11-17-39-25-26-40-18-12-24-48(52)50(40)49(39)47/h1-34H. The molecular formula is C50H34N2. The average molecular weight is 663 g/mol. The third-order valence-corrected chi connectivity index (χ3v) is 10.4. The molecule has 0 radical (unpaired) electrons. The predicted octanol–water partition coefficient (Wildman–Crippen LogP) is 13.8. The highest BCUT2D eigenvalue weighted by Crippen LogP contribution is 2.45. The largest absolute Gasteiger partial charge is 0.310 e. The van der Waals surface area contributed by atoms with E-state index in [0.717, 1.165) is 28.3 Å². The summed E-state index contributed by atoms with van der Waals surface area (Å²) >= 11 is 0. The van der Waals surface area contributed by atoms with Crippen molar-refractivity contribution in [3.8, 4) is 39.1 Å². The molecule has 1 aromatic heterocycles. The van der Waals surface area contributed by atoms with E-state index in [1.54, 1.807) is 0 Å². The number of nitrogens with zero attached hydrogens (tertiary/aromatic N) is 2. The maximum Gasteiger partial charge on any atom is 0.0547 e. The second-order valence-electron chi connectivity index (χ2n) is 13.3. The van der Waals surface area contributed by atoms with E-state index in [4.69, 9.17) is 0 Å². The van der Waals surface area contributed by atoms with Gasteiger partial charge in [0.25, 0.3) is 0 Å². The molecule has 10 rings (SSSR count). The lowest BCUT2D eigenvalue weighted by Gasteiger charge is -2.29. The molecule has 0 aliphatic rings. The number of hydrogen-bond donors (Lipinski definition) is 0. The van der Waals surface area contributed by atoms with Gasteiger partial charge in [-0.1, -0.05) is 158 Å². The first-order chi connectivity index (χ1) is 25.8. The van der Waals surface area contributed by atoms with Gasteiger partial charge < -0.3 is 9.47 Å². The SMILES string of the molecule is c1ccc(-c2ccc(N(c3ccc(-c4ccccc4)cc3)c3ccccc3-c3ccccc3-n3c4cccc5ccc6cccc3c6c54)cc2)cc1. The molecule has 1 heterocycles. The van der Waals surface area contributed by atoms with Crippen molar-refractivity contribution < 1.29 is 0 Å². The third-order valence-electron chi connectivity index (χ3n) is 10.4. The first-order valence-electron chi connectivity index (χ1n) is 17.9. The molecule has 10 aromatic rings. The molecule has 9 aromatic carbocycles. The van der Waals surface area contributed by atoms with Crippen LogP contribution >= 0.6 is 0 Å². The third kappa shape index (κ3) is 4.96. The molecule has 0 fully saturated rings. The number of benzene rings is 9. The molecular weight excluding hydrogens is 629 g/mol. The van der Waals surface area contributed by atoms with E-state index in [1.165, 1.54) is 60.4 Å². The highest BCUT2D eigenvalue weighted by Gasteiger charge is 2.22. The molecule has 0 aliphatic carbocycles. The van der Waals surface area contributed by atoms with Crippen LogP contribution in [0.5, 0.6) is 0 Å². The highest BCUT2D eigenvalue weighted by molar-refractivity contribution is 6.24. The Morgan fingerprint density at radius 2 is 0.750 bits per heavy atom. The van der Waals surface area contributed by atoms with Crippen LogP contribution in [0.3, 0.4) is 0 Å². The van der Waals surface area contributed by atoms with Crippen molar-refractivity contribution in [2.24, 2.45) is 0 Å². The summed E-state index contributed by atoms with van der Waals surface area (Å²) in [6.45, 7) is 0. The van der Waals surface area contributed by atoms with Crippen molar-refractivity contribution in [3.63, 3.8) is 0 Å². The fourth-order valence-electron chi connectivity index (χ4n) is 7.97. The van der Waals surface area contributed by atoms with Crippen LogP contribution < -0.4 is 4.90 Å². The minimum absolute atomic E-state index is 1.10. The Morgan fingerprint density at radius 3 is 1.29 bits per heavy atom. The molecule has 2 nitrogen and oxygen atoms in total. The summed E-state index contributed by atoms with van der Waals surface area (Å²) in [5.41, 5.74) is 14.0. The van der Waals surface area contributed by atoms with Gasteiger partial charge in [0, 0.05) is 33.3 Å². The van der Waals surface area contributed by atoms with Gasteiger partial charge in [0.2, 0.25) is 0 Å². The van der Waals surface area contributed by atoms with E-state index in [2.05, 4.69) is 216 Å². The Kier molecular flexibility index (Phi) is 7.18. The molecule has 0 aliphatic heterocycles. The van der Waals surface area contributed by atoms with Gasteiger partial charge in [-0.3, -0.25) is 0 Å². The monoisotopic (exact) mass is 662 g/mol.